The molecule has 0 aliphatic rings. The lowest BCUT2D eigenvalue weighted by molar-refractivity contribution is -0.0498. The van der Waals surface area contributed by atoms with E-state index in [2.05, 4.69) is 4.74 Å². The smallest absolute Gasteiger partial charge is 0.387 e. The molecule has 0 fully saturated rings. The highest BCUT2D eigenvalue weighted by molar-refractivity contribution is 6.31. The van der Waals surface area contributed by atoms with Crippen molar-refractivity contribution in [2.45, 2.75) is 6.61 Å². The second-order valence-corrected chi connectivity index (χ2v) is 4.18. The number of ether oxygens (including phenoxy) is 1. The maximum atomic E-state index is 12.1. The third-order valence-corrected chi connectivity index (χ3v) is 2.66. The number of carbonyl (C=O) groups excluding carboxylic acids is 1. The number of carbonyl (C=O) groups is 1. The summed E-state index contributed by atoms with van der Waals surface area (Å²) in [6, 6.07) is 12.0. The van der Waals surface area contributed by atoms with Gasteiger partial charge in [0.1, 0.15) is 5.75 Å². The standard InChI is InChI=1S/C14H9ClF2O2/c15-11-3-1-2-10(8-11)13(18)9-4-6-12(7-5-9)19-14(16)17/h1-8,14H. The summed E-state index contributed by atoms with van der Waals surface area (Å²) in [5.74, 6) is -0.219. The van der Waals surface area contributed by atoms with Gasteiger partial charge in [0.2, 0.25) is 0 Å². The van der Waals surface area contributed by atoms with Crippen LogP contribution in [0.1, 0.15) is 15.9 Å². The third kappa shape index (κ3) is 3.51. The van der Waals surface area contributed by atoms with Gasteiger partial charge in [-0.05, 0) is 36.4 Å². The lowest BCUT2D eigenvalue weighted by Crippen LogP contribution is -2.03. The molecule has 0 unspecified atom stereocenters. The molecule has 2 aromatic rings. The van der Waals surface area contributed by atoms with Crippen molar-refractivity contribution in [2.24, 2.45) is 0 Å². The molecule has 2 rings (SSSR count). The van der Waals surface area contributed by atoms with E-state index >= 15 is 0 Å². The third-order valence-electron chi connectivity index (χ3n) is 2.43. The summed E-state index contributed by atoms with van der Waals surface area (Å²) < 4.78 is 28.2. The number of halogens is 3. The van der Waals surface area contributed by atoms with E-state index in [1.54, 1.807) is 24.3 Å². The normalized spacial score (nSPS) is 10.5. The Morgan fingerprint density at radius 1 is 1.05 bits per heavy atom. The Bertz CT molecular complexity index is 582. The van der Waals surface area contributed by atoms with Gasteiger partial charge in [-0.2, -0.15) is 8.78 Å². The first-order valence-electron chi connectivity index (χ1n) is 5.41. The molecule has 0 aliphatic carbocycles. The van der Waals surface area contributed by atoms with Crippen LogP contribution in [0.4, 0.5) is 8.78 Å². The molecular formula is C14H9ClF2O2. The molecule has 5 heteroatoms. The van der Waals surface area contributed by atoms with Crippen LogP contribution in [0.3, 0.4) is 0 Å². The summed E-state index contributed by atoms with van der Waals surface area (Å²) in [6.07, 6.45) is 0. The average molecular weight is 283 g/mol. The Kier molecular flexibility index (Phi) is 4.12. The van der Waals surface area contributed by atoms with Crippen molar-refractivity contribution in [1.29, 1.82) is 0 Å². The highest BCUT2D eigenvalue weighted by Crippen LogP contribution is 2.18. The van der Waals surface area contributed by atoms with Gasteiger partial charge >= 0.3 is 6.61 Å². The zero-order valence-corrected chi connectivity index (χ0v) is 10.4. The van der Waals surface area contributed by atoms with Gasteiger partial charge in [-0.15, -0.1) is 0 Å². The van der Waals surface area contributed by atoms with E-state index in [0.717, 1.165) is 0 Å². The van der Waals surface area contributed by atoms with E-state index in [1.807, 2.05) is 0 Å². The summed E-state index contributed by atoms with van der Waals surface area (Å²) in [5, 5.41) is 0.462. The molecule has 0 N–H and O–H groups in total. The molecule has 0 spiro atoms. The second kappa shape index (κ2) is 5.80. The molecule has 2 aromatic carbocycles. The minimum absolute atomic E-state index is 0.0117. The Hall–Kier alpha value is -1.94. The van der Waals surface area contributed by atoms with E-state index in [1.165, 1.54) is 24.3 Å². The SMILES string of the molecule is O=C(c1ccc(OC(F)F)cc1)c1cccc(Cl)c1. The summed E-state index contributed by atoms with van der Waals surface area (Å²) in [4.78, 5) is 12.1. The first-order valence-corrected chi connectivity index (χ1v) is 5.79. The van der Waals surface area contributed by atoms with Gasteiger partial charge in [0.25, 0.3) is 0 Å². The van der Waals surface area contributed by atoms with Crippen molar-refractivity contribution < 1.29 is 18.3 Å². The minimum Gasteiger partial charge on any atom is -0.435 e. The molecule has 0 bridgehead atoms. The molecule has 0 heterocycles. The highest BCUT2D eigenvalue weighted by Gasteiger charge is 2.10. The van der Waals surface area contributed by atoms with E-state index in [4.69, 9.17) is 11.6 Å². The van der Waals surface area contributed by atoms with Crippen molar-refractivity contribution in [2.75, 3.05) is 0 Å². The summed E-state index contributed by atoms with van der Waals surface area (Å²) >= 11 is 5.80. The second-order valence-electron chi connectivity index (χ2n) is 3.74. The van der Waals surface area contributed by atoms with Crippen LogP contribution in [0.15, 0.2) is 48.5 Å². The fourth-order valence-corrected chi connectivity index (χ4v) is 1.77. The van der Waals surface area contributed by atoms with Crippen molar-refractivity contribution in [3.8, 4) is 5.75 Å². The Balaban J connectivity index is 2.20. The zero-order chi connectivity index (χ0) is 13.8. The van der Waals surface area contributed by atoms with Crippen LogP contribution < -0.4 is 4.74 Å². The number of hydrogen-bond acceptors (Lipinski definition) is 2. The Morgan fingerprint density at radius 2 is 1.74 bits per heavy atom. The lowest BCUT2D eigenvalue weighted by atomic mass is 10.0. The fourth-order valence-electron chi connectivity index (χ4n) is 1.58. The first kappa shape index (κ1) is 13.5. The monoisotopic (exact) mass is 282 g/mol. The predicted octanol–water partition coefficient (Wildman–Crippen LogP) is 4.17. The first-order chi connectivity index (χ1) is 9.06. The van der Waals surface area contributed by atoms with Crippen LogP contribution in [-0.2, 0) is 0 Å². The zero-order valence-electron chi connectivity index (χ0n) is 9.65. The van der Waals surface area contributed by atoms with Gasteiger partial charge < -0.3 is 4.74 Å². The Morgan fingerprint density at radius 3 is 2.32 bits per heavy atom. The van der Waals surface area contributed by atoms with Crippen LogP contribution in [0.25, 0.3) is 0 Å². The summed E-state index contributed by atoms with van der Waals surface area (Å²) in [5.41, 5.74) is 0.818. The molecule has 98 valence electrons. The van der Waals surface area contributed by atoms with Gasteiger partial charge in [0.05, 0.1) is 0 Å². The highest BCUT2D eigenvalue weighted by atomic mass is 35.5. The van der Waals surface area contributed by atoms with E-state index in [-0.39, 0.29) is 11.5 Å². The molecule has 0 aliphatic heterocycles. The molecule has 0 aromatic heterocycles. The average Bonchev–Trinajstić information content (AvgIpc) is 2.38. The maximum Gasteiger partial charge on any atom is 0.387 e. The molecule has 0 saturated heterocycles. The van der Waals surface area contributed by atoms with Gasteiger partial charge in [-0.1, -0.05) is 23.7 Å². The van der Waals surface area contributed by atoms with Crippen molar-refractivity contribution in [3.05, 3.63) is 64.7 Å². The largest absolute Gasteiger partial charge is 0.435 e. The number of ketones is 1. The summed E-state index contributed by atoms with van der Waals surface area (Å²) in [7, 11) is 0. The van der Waals surface area contributed by atoms with E-state index in [9.17, 15) is 13.6 Å². The van der Waals surface area contributed by atoms with Crippen molar-refractivity contribution in [3.63, 3.8) is 0 Å². The van der Waals surface area contributed by atoms with Crippen LogP contribution >= 0.6 is 11.6 Å². The molecule has 2 nitrogen and oxygen atoms in total. The van der Waals surface area contributed by atoms with Gasteiger partial charge in [-0.3, -0.25) is 4.79 Å². The molecule has 0 saturated carbocycles. The van der Waals surface area contributed by atoms with Crippen molar-refractivity contribution in [1.82, 2.24) is 0 Å². The number of alkyl halides is 2. The molecule has 0 atom stereocenters. The number of benzene rings is 2. The Labute approximate surface area is 113 Å². The summed E-state index contributed by atoms with van der Waals surface area (Å²) in [6.45, 7) is -2.88. The van der Waals surface area contributed by atoms with Crippen LogP contribution in [0.2, 0.25) is 5.02 Å². The maximum absolute atomic E-state index is 12.1. The van der Waals surface area contributed by atoms with Crippen molar-refractivity contribution >= 4 is 17.4 Å². The molecule has 0 radical (unpaired) electrons. The lowest BCUT2D eigenvalue weighted by Gasteiger charge is -2.05. The van der Waals surface area contributed by atoms with Gasteiger partial charge in [0, 0.05) is 16.1 Å². The number of hydrogen-bond donors (Lipinski definition) is 0. The number of rotatable bonds is 4. The molecule has 19 heavy (non-hydrogen) atoms. The topological polar surface area (TPSA) is 26.3 Å². The van der Waals surface area contributed by atoms with Crippen LogP contribution in [-0.4, -0.2) is 12.4 Å². The molecular weight excluding hydrogens is 274 g/mol. The van der Waals surface area contributed by atoms with Crippen LogP contribution in [0, 0.1) is 0 Å². The van der Waals surface area contributed by atoms with E-state index in [0.29, 0.717) is 16.1 Å². The van der Waals surface area contributed by atoms with E-state index < -0.39 is 6.61 Å². The minimum atomic E-state index is -2.88. The van der Waals surface area contributed by atoms with Gasteiger partial charge in [0.15, 0.2) is 5.78 Å². The quantitative estimate of drug-likeness (QED) is 0.787. The van der Waals surface area contributed by atoms with Gasteiger partial charge in [-0.25, -0.2) is 0 Å². The predicted molar refractivity (Wildman–Crippen MR) is 68.0 cm³/mol. The molecule has 0 amide bonds. The fraction of sp³-hybridized carbons (Fsp3) is 0.0714. The van der Waals surface area contributed by atoms with Crippen LogP contribution in [0.5, 0.6) is 5.75 Å².